The quantitative estimate of drug-likeness (QED) is 0.914. The number of carbonyl (C=O) groups excluding carboxylic acids is 1. The number of likely N-dealkylation sites (tertiary alicyclic amines) is 1. The molecule has 3 atom stereocenters. The zero-order valence-electron chi connectivity index (χ0n) is 11.5. The van der Waals surface area contributed by atoms with Crippen LogP contribution in [0.2, 0.25) is 0 Å². The lowest BCUT2D eigenvalue weighted by molar-refractivity contribution is -0.144. The normalized spacial score (nSPS) is 30.6. The van der Waals surface area contributed by atoms with E-state index in [9.17, 15) is 4.79 Å². The first-order chi connectivity index (χ1) is 9.78. The van der Waals surface area contributed by atoms with Gasteiger partial charge in [0.2, 0.25) is 0 Å². The minimum absolute atomic E-state index is 0.0588. The fourth-order valence-electron chi connectivity index (χ4n) is 3.08. The zero-order chi connectivity index (χ0) is 13.9. The molecule has 0 saturated carbocycles. The van der Waals surface area contributed by atoms with Gasteiger partial charge in [-0.15, -0.1) is 11.3 Å². The van der Waals surface area contributed by atoms with E-state index in [4.69, 9.17) is 10.5 Å². The molecule has 3 rings (SSSR count). The molecule has 1 amide bonds. The Hall–Kier alpha value is -0.980. The molecule has 2 saturated heterocycles. The Balaban J connectivity index is 1.61. The summed E-state index contributed by atoms with van der Waals surface area (Å²) in [4.78, 5) is 18.9. The van der Waals surface area contributed by atoms with Crippen molar-refractivity contribution in [2.24, 2.45) is 5.73 Å². The van der Waals surface area contributed by atoms with E-state index in [0.717, 1.165) is 43.8 Å². The monoisotopic (exact) mass is 295 g/mol. The number of hydrogen-bond acceptors (Lipinski definition) is 5. The van der Waals surface area contributed by atoms with Gasteiger partial charge in [-0.2, -0.15) is 0 Å². The summed E-state index contributed by atoms with van der Waals surface area (Å²) < 4.78 is 5.72. The highest BCUT2D eigenvalue weighted by Gasteiger charge is 2.35. The lowest BCUT2D eigenvalue weighted by Gasteiger charge is -2.33. The molecule has 6 heteroatoms. The van der Waals surface area contributed by atoms with Crippen LogP contribution in [0.4, 0.5) is 0 Å². The first-order valence-corrected chi connectivity index (χ1v) is 8.19. The van der Waals surface area contributed by atoms with Crippen LogP contribution >= 0.6 is 11.3 Å². The Morgan fingerprint density at radius 2 is 2.40 bits per heavy atom. The van der Waals surface area contributed by atoms with Gasteiger partial charge in [-0.1, -0.05) is 0 Å². The number of piperidine rings is 1. The molecule has 5 nitrogen and oxygen atoms in total. The molecule has 2 fully saturated rings. The van der Waals surface area contributed by atoms with Crippen molar-refractivity contribution in [2.45, 2.75) is 43.8 Å². The molecule has 3 heterocycles. The van der Waals surface area contributed by atoms with Crippen LogP contribution in [0.5, 0.6) is 0 Å². The highest BCUT2D eigenvalue weighted by Crippen LogP contribution is 2.30. The van der Waals surface area contributed by atoms with E-state index in [1.807, 2.05) is 16.5 Å². The Labute approximate surface area is 123 Å². The van der Waals surface area contributed by atoms with Gasteiger partial charge in [0.25, 0.3) is 5.91 Å². The number of rotatable bonds is 3. The van der Waals surface area contributed by atoms with Crippen LogP contribution in [0.25, 0.3) is 0 Å². The predicted molar refractivity (Wildman–Crippen MR) is 77.6 cm³/mol. The first-order valence-electron chi connectivity index (χ1n) is 7.31. The van der Waals surface area contributed by atoms with Crippen LogP contribution in [0.1, 0.15) is 36.6 Å². The minimum Gasteiger partial charge on any atom is -0.364 e. The van der Waals surface area contributed by atoms with Gasteiger partial charge in [-0.05, 0) is 25.7 Å². The van der Waals surface area contributed by atoms with Crippen molar-refractivity contribution in [1.82, 2.24) is 9.88 Å². The number of hydrogen-bond donors (Lipinski definition) is 1. The van der Waals surface area contributed by atoms with E-state index in [2.05, 4.69) is 4.98 Å². The van der Waals surface area contributed by atoms with Crippen LogP contribution in [-0.4, -0.2) is 47.6 Å². The molecule has 1 aromatic heterocycles. The van der Waals surface area contributed by atoms with Crippen LogP contribution in [0.15, 0.2) is 11.6 Å². The number of carbonyl (C=O) groups is 1. The molecule has 110 valence electrons. The lowest BCUT2D eigenvalue weighted by atomic mass is 9.98. The maximum absolute atomic E-state index is 12.5. The van der Waals surface area contributed by atoms with Crippen molar-refractivity contribution < 1.29 is 9.53 Å². The third-order valence-corrected chi connectivity index (χ3v) is 5.12. The van der Waals surface area contributed by atoms with E-state index in [1.165, 1.54) is 0 Å². The van der Waals surface area contributed by atoms with E-state index in [0.29, 0.717) is 12.5 Å². The molecule has 2 aliphatic heterocycles. The molecule has 1 unspecified atom stereocenters. The average molecular weight is 295 g/mol. The Morgan fingerprint density at radius 3 is 3.10 bits per heavy atom. The maximum Gasteiger partial charge on any atom is 0.251 e. The Morgan fingerprint density at radius 1 is 1.50 bits per heavy atom. The van der Waals surface area contributed by atoms with Crippen molar-refractivity contribution in [3.63, 3.8) is 0 Å². The standard InChI is InChI=1S/C14H21N3O2S/c15-8-11-3-4-12(19-11)14(18)17-6-1-2-10(9-17)13-16-5-7-20-13/h5,7,10-12H,1-4,6,8-9,15H2/t10?,11-,12+/m1/s1. The summed E-state index contributed by atoms with van der Waals surface area (Å²) in [6.07, 6.45) is 5.49. The SMILES string of the molecule is NC[C@H]1CC[C@@H](C(=O)N2CCCC(c3nccs3)C2)O1. The Bertz CT molecular complexity index is 451. The predicted octanol–water partition coefficient (Wildman–Crippen LogP) is 1.36. The van der Waals surface area contributed by atoms with Gasteiger partial charge in [-0.25, -0.2) is 4.98 Å². The van der Waals surface area contributed by atoms with Crippen molar-refractivity contribution >= 4 is 17.2 Å². The fourth-order valence-corrected chi connectivity index (χ4v) is 3.85. The second-order valence-corrected chi connectivity index (χ2v) is 6.48. The summed E-state index contributed by atoms with van der Waals surface area (Å²) in [5.41, 5.74) is 5.60. The summed E-state index contributed by atoms with van der Waals surface area (Å²) in [5, 5.41) is 3.15. The van der Waals surface area contributed by atoms with Gasteiger partial charge in [0.1, 0.15) is 6.10 Å². The van der Waals surface area contributed by atoms with Crippen LogP contribution < -0.4 is 5.73 Å². The number of nitrogens with zero attached hydrogens (tertiary/aromatic N) is 2. The summed E-state index contributed by atoms with van der Waals surface area (Å²) in [7, 11) is 0. The second-order valence-electron chi connectivity index (χ2n) is 5.55. The lowest BCUT2D eigenvalue weighted by Crippen LogP contribution is -2.44. The fraction of sp³-hybridized carbons (Fsp3) is 0.714. The number of aromatic nitrogens is 1. The van der Waals surface area contributed by atoms with Crippen molar-refractivity contribution in [2.75, 3.05) is 19.6 Å². The molecule has 0 spiro atoms. The second kappa shape index (κ2) is 6.20. The molecule has 1 aromatic rings. The molecule has 20 heavy (non-hydrogen) atoms. The van der Waals surface area contributed by atoms with Crippen LogP contribution in [0, 0.1) is 0 Å². The van der Waals surface area contributed by atoms with Gasteiger partial charge >= 0.3 is 0 Å². The smallest absolute Gasteiger partial charge is 0.251 e. The Kier molecular flexibility index (Phi) is 4.33. The number of nitrogens with two attached hydrogens (primary N) is 1. The average Bonchev–Trinajstić information content (AvgIpc) is 3.17. The topological polar surface area (TPSA) is 68.5 Å². The van der Waals surface area contributed by atoms with Gasteiger partial charge in [0, 0.05) is 37.1 Å². The molecular formula is C14H21N3O2S. The van der Waals surface area contributed by atoms with Gasteiger partial charge in [-0.3, -0.25) is 4.79 Å². The first kappa shape index (κ1) is 14.0. The summed E-state index contributed by atoms with van der Waals surface area (Å²) in [6.45, 7) is 2.12. The highest BCUT2D eigenvalue weighted by atomic mass is 32.1. The van der Waals surface area contributed by atoms with Crippen molar-refractivity contribution in [1.29, 1.82) is 0 Å². The third kappa shape index (κ3) is 2.87. The largest absolute Gasteiger partial charge is 0.364 e. The zero-order valence-corrected chi connectivity index (χ0v) is 12.3. The molecular weight excluding hydrogens is 274 g/mol. The maximum atomic E-state index is 12.5. The molecule has 0 bridgehead atoms. The van der Waals surface area contributed by atoms with E-state index in [-0.39, 0.29) is 18.1 Å². The van der Waals surface area contributed by atoms with E-state index < -0.39 is 0 Å². The molecule has 0 radical (unpaired) electrons. The summed E-state index contributed by atoms with van der Waals surface area (Å²) >= 11 is 1.68. The van der Waals surface area contributed by atoms with E-state index in [1.54, 1.807) is 11.3 Å². The molecule has 2 aliphatic rings. The number of thiazole rings is 1. The van der Waals surface area contributed by atoms with Gasteiger partial charge < -0.3 is 15.4 Å². The summed E-state index contributed by atoms with van der Waals surface area (Å²) in [6, 6.07) is 0. The van der Waals surface area contributed by atoms with E-state index >= 15 is 0 Å². The van der Waals surface area contributed by atoms with Crippen molar-refractivity contribution in [3.8, 4) is 0 Å². The molecule has 0 aromatic carbocycles. The van der Waals surface area contributed by atoms with Gasteiger partial charge in [0.05, 0.1) is 11.1 Å². The molecule has 0 aliphatic carbocycles. The number of amides is 1. The molecule has 2 N–H and O–H groups in total. The number of ether oxygens (including phenoxy) is 1. The van der Waals surface area contributed by atoms with Gasteiger partial charge in [0.15, 0.2) is 0 Å². The van der Waals surface area contributed by atoms with Crippen LogP contribution in [0.3, 0.4) is 0 Å². The third-order valence-electron chi connectivity index (χ3n) is 4.18. The van der Waals surface area contributed by atoms with Crippen molar-refractivity contribution in [3.05, 3.63) is 16.6 Å². The highest BCUT2D eigenvalue weighted by molar-refractivity contribution is 7.09. The van der Waals surface area contributed by atoms with Crippen LogP contribution in [-0.2, 0) is 9.53 Å². The minimum atomic E-state index is -0.279. The summed E-state index contributed by atoms with van der Waals surface area (Å²) in [5.74, 6) is 0.529.